The third-order valence-electron chi connectivity index (χ3n) is 4.41. The lowest BCUT2D eigenvalue weighted by Crippen LogP contribution is -2.51. The topological polar surface area (TPSA) is 84.7 Å². The number of aromatic nitrogens is 2. The van der Waals surface area contributed by atoms with Gasteiger partial charge in [0.05, 0.1) is 18.2 Å². The number of aliphatic carboxylic acids is 1. The average molecular weight is 335 g/mol. The first-order chi connectivity index (χ1) is 11.2. The maximum atomic E-state index is 12.9. The Kier molecular flexibility index (Phi) is 4.15. The highest BCUT2D eigenvalue weighted by molar-refractivity contribution is 5.93. The van der Waals surface area contributed by atoms with Crippen molar-refractivity contribution in [1.82, 2.24) is 14.7 Å². The molecule has 132 valence electrons. The number of carbonyl (C=O) groups excluding carboxylic acids is 1. The summed E-state index contributed by atoms with van der Waals surface area (Å²) in [5.74, 6) is -0.784. The van der Waals surface area contributed by atoms with Crippen molar-refractivity contribution in [3.63, 3.8) is 0 Å². The van der Waals surface area contributed by atoms with Gasteiger partial charge in [0.15, 0.2) is 11.8 Å². The molecule has 1 N–H and O–H groups in total. The van der Waals surface area contributed by atoms with Crippen molar-refractivity contribution in [2.45, 2.75) is 64.2 Å². The molecule has 2 atom stereocenters. The fourth-order valence-corrected chi connectivity index (χ4v) is 3.12. The number of rotatable bonds is 3. The molecular formula is C17H25N3O4. The Balaban J connectivity index is 1.86. The van der Waals surface area contributed by atoms with E-state index in [2.05, 4.69) is 25.9 Å². The summed E-state index contributed by atoms with van der Waals surface area (Å²) in [7, 11) is 0. The van der Waals surface area contributed by atoms with Gasteiger partial charge >= 0.3 is 5.97 Å². The van der Waals surface area contributed by atoms with Crippen LogP contribution in [-0.2, 0) is 15.1 Å². The molecule has 1 aromatic rings. The highest BCUT2D eigenvalue weighted by Gasteiger charge is 2.36. The van der Waals surface area contributed by atoms with Gasteiger partial charge in [0, 0.05) is 18.2 Å². The molecule has 1 aliphatic carbocycles. The van der Waals surface area contributed by atoms with Crippen LogP contribution in [0.15, 0.2) is 6.07 Å². The molecule has 3 rings (SSSR count). The summed E-state index contributed by atoms with van der Waals surface area (Å²) < 4.78 is 7.32. The van der Waals surface area contributed by atoms with Crippen LogP contribution in [0.25, 0.3) is 0 Å². The third-order valence-corrected chi connectivity index (χ3v) is 4.41. The van der Waals surface area contributed by atoms with Crippen LogP contribution >= 0.6 is 0 Å². The summed E-state index contributed by atoms with van der Waals surface area (Å²) in [5, 5.41) is 13.7. The van der Waals surface area contributed by atoms with E-state index in [-0.39, 0.29) is 24.1 Å². The van der Waals surface area contributed by atoms with E-state index in [0.717, 1.165) is 18.5 Å². The normalized spacial score (nSPS) is 24.9. The van der Waals surface area contributed by atoms with Crippen LogP contribution in [0, 0.1) is 0 Å². The van der Waals surface area contributed by atoms with Crippen LogP contribution in [0.2, 0.25) is 0 Å². The Hall–Kier alpha value is -1.89. The lowest BCUT2D eigenvalue weighted by molar-refractivity contribution is -0.160. The van der Waals surface area contributed by atoms with Crippen molar-refractivity contribution < 1.29 is 19.4 Å². The minimum Gasteiger partial charge on any atom is -0.479 e. The Morgan fingerprint density at radius 2 is 1.96 bits per heavy atom. The van der Waals surface area contributed by atoms with E-state index < -0.39 is 12.1 Å². The molecule has 7 heteroatoms. The van der Waals surface area contributed by atoms with E-state index in [1.54, 1.807) is 11.8 Å². The van der Waals surface area contributed by atoms with Crippen molar-refractivity contribution in [2.75, 3.05) is 13.1 Å². The monoisotopic (exact) mass is 335 g/mol. The maximum Gasteiger partial charge on any atom is 0.334 e. The number of ether oxygens (including phenoxy) is 1. The van der Waals surface area contributed by atoms with E-state index in [0.29, 0.717) is 18.2 Å². The molecular weight excluding hydrogens is 310 g/mol. The highest BCUT2D eigenvalue weighted by atomic mass is 16.5. The quantitative estimate of drug-likeness (QED) is 0.911. The SMILES string of the molecule is C[C@@H]1CN(C(=O)c2cc(C3CC3)n(C(C)(C)C)n2)CC(C(=O)O)O1. The molecule has 0 radical (unpaired) electrons. The number of morpholine rings is 1. The zero-order valence-corrected chi connectivity index (χ0v) is 14.7. The fourth-order valence-electron chi connectivity index (χ4n) is 3.12. The summed E-state index contributed by atoms with van der Waals surface area (Å²) in [6.45, 7) is 8.41. The maximum absolute atomic E-state index is 12.9. The molecule has 1 saturated heterocycles. The van der Waals surface area contributed by atoms with E-state index in [1.807, 2.05) is 10.7 Å². The van der Waals surface area contributed by atoms with Crippen molar-refractivity contribution in [3.05, 3.63) is 17.5 Å². The van der Waals surface area contributed by atoms with Crippen molar-refractivity contribution in [3.8, 4) is 0 Å². The van der Waals surface area contributed by atoms with Gasteiger partial charge in [0.1, 0.15) is 0 Å². The first kappa shape index (κ1) is 17.0. The van der Waals surface area contributed by atoms with Gasteiger partial charge in [0.2, 0.25) is 0 Å². The second-order valence-electron chi connectivity index (χ2n) is 7.80. The van der Waals surface area contributed by atoms with Gasteiger partial charge in [-0.15, -0.1) is 0 Å². The van der Waals surface area contributed by atoms with Crippen LogP contribution in [0.4, 0.5) is 0 Å². The molecule has 1 aromatic heterocycles. The van der Waals surface area contributed by atoms with Crippen LogP contribution < -0.4 is 0 Å². The van der Waals surface area contributed by atoms with E-state index in [1.165, 1.54) is 0 Å². The Morgan fingerprint density at radius 1 is 1.29 bits per heavy atom. The summed E-state index contributed by atoms with van der Waals surface area (Å²) in [5.41, 5.74) is 1.30. The molecule has 2 aliphatic rings. The van der Waals surface area contributed by atoms with Crippen molar-refractivity contribution in [1.29, 1.82) is 0 Å². The number of nitrogens with zero attached hydrogens (tertiary/aromatic N) is 3. The summed E-state index contributed by atoms with van der Waals surface area (Å²) in [6, 6.07) is 1.88. The van der Waals surface area contributed by atoms with Gasteiger partial charge in [-0.3, -0.25) is 9.48 Å². The first-order valence-corrected chi connectivity index (χ1v) is 8.45. The highest BCUT2D eigenvalue weighted by Crippen LogP contribution is 2.41. The zero-order chi connectivity index (χ0) is 17.6. The van der Waals surface area contributed by atoms with E-state index in [9.17, 15) is 14.7 Å². The Bertz CT molecular complexity index is 657. The van der Waals surface area contributed by atoms with Gasteiger partial charge in [-0.1, -0.05) is 0 Å². The number of carbonyl (C=O) groups is 2. The Morgan fingerprint density at radius 3 is 2.50 bits per heavy atom. The molecule has 0 bridgehead atoms. The van der Waals surface area contributed by atoms with E-state index >= 15 is 0 Å². The summed E-state index contributed by atoms with van der Waals surface area (Å²) in [6.07, 6.45) is 0.970. The summed E-state index contributed by atoms with van der Waals surface area (Å²) >= 11 is 0. The second kappa shape index (κ2) is 5.88. The molecule has 7 nitrogen and oxygen atoms in total. The van der Waals surface area contributed by atoms with Gasteiger partial charge < -0.3 is 14.7 Å². The van der Waals surface area contributed by atoms with Crippen molar-refractivity contribution in [2.24, 2.45) is 0 Å². The smallest absolute Gasteiger partial charge is 0.334 e. The fraction of sp³-hybridized carbons (Fsp3) is 0.706. The molecule has 0 aromatic carbocycles. The van der Waals surface area contributed by atoms with Crippen LogP contribution in [-0.4, -0.2) is 57.0 Å². The van der Waals surface area contributed by atoms with Gasteiger partial charge in [0.25, 0.3) is 5.91 Å². The molecule has 24 heavy (non-hydrogen) atoms. The van der Waals surface area contributed by atoms with Crippen molar-refractivity contribution >= 4 is 11.9 Å². The lowest BCUT2D eigenvalue weighted by Gasteiger charge is -2.34. The standard InChI is InChI=1S/C17H25N3O4/c1-10-8-19(9-14(24-10)16(22)23)15(21)12-7-13(11-5-6-11)20(18-12)17(2,3)4/h7,10-11,14H,5-6,8-9H2,1-4H3,(H,22,23)/t10-,14?/m1/s1. The number of carboxylic acid groups (broad SMARTS) is 1. The molecule has 2 fully saturated rings. The van der Waals surface area contributed by atoms with Gasteiger partial charge in [-0.2, -0.15) is 5.10 Å². The predicted octanol–water partition coefficient (Wildman–Crippen LogP) is 1.83. The summed E-state index contributed by atoms with van der Waals surface area (Å²) in [4.78, 5) is 25.6. The number of hydrogen-bond acceptors (Lipinski definition) is 4. The number of hydrogen-bond donors (Lipinski definition) is 1. The first-order valence-electron chi connectivity index (χ1n) is 8.45. The predicted molar refractivity (Wildman–Crippen MR) is 87.1 cm³/mol. The zero-order valence-electron chi connectivity index (χ0n) is 14.7. The largest absolute Gasteiger partial charge is 0.479 e. The Labute approximate surface area is 141 Å². The second-order valence-corrected chi connectivity index (χ2v) is 7.80. The molecule has 2 heterocycles. The number of carboxylic acids is 1. The minimum absolute atomic E-state index is 0.0552. The van der Waals surface area contributed by atoms with Gasteiger partial charge in [-0.05, 0) is 46.6 Å². The molecule has 1 saturated carbocycles. The van der Waals surface area contributed by atoms with Crippen LogP contribution in [0.3, 0.4) is 0 Å². The van der Waals surface area contributed by atoms with Crippen LogP contribution in [0.5, 0.6) is 0 Å². The lowest BCUT2D eigenvalue weighted by atomic mass is 10.1. The number of amides is 1. The molecule has 1 amide bonds. The molecule has 1 unspecified atom stereocenters. The third kappa shape index (κ3) is 3.31. The van der Waals surface area contributed by atoms with Crippen LogP contribution in [0.1, 0.15) is 62.6 Å². The average Bonchev–Trinajstić information content (AvgIpc) is 3.23. The van der Waals surface area contributed by atoms with Gasteiger partial charge in [-0.25, -0.2) is 4.79 Å². The molecule has 0 spiro atoms. The van der Waals surface area contributed by atoms with E-state index in [4.69, 9.17) is 4.74 Å². The molecule has 1 aliphatic heterocycles. The minimum atomic E-state index is -1.04.